The quantitative estimate of drug-likeness (QED) is 0.849. The summed E-state index contributed by atoms with van der Waals surface area (Å²) >= 11 is 0. The standard InChI is InChI=1S/C14H19NO2/c1-14(2,3)15-13(16)17-12-6-4-5-11(9-12)10-7-8-10/h4-6,9-10H,7-8H2,1-3H3,(H,15,16). The molecule has 3 nitrogen and oxygen atoms in total. The molecule has 1 N–H and O–H groups in total. The first-order valence-electron chi connectivity index (χ1n) is 6.04. The summed E-state index contributed by atoms with van der Waals surface area (Å²) in [5.41, 5.74) is 0.997. The lowest BCUT2D eigenvalue weighted by Gasteiger charge is -2.19. The second-order valence-corrected chi connectivity index (χ2v) is 5.61. The number of hydrogen-bond acceptors (Lipinski definition) is 2. The summed E-state index contributed by atoms with van der Waals surface area (Å²) in [6.07, 6.45) is 2.10. The van der Waals surface area contributed by atoms with Gasteiger partial charge in [-0.2, -0.15) is 0 Å². The largest absolute Gasteiger partial charge is 0.413 e. The molecule has 1 fully saturated rings. The van der Waals surface area contributed by atoms with E-state index < -0.39 is 6.09 Å². The zero-order chi connectivity index (χ0) is 12.5. The van der Waals surface area contributed by atoms with Gasteiger partial charge in [0.25, 0.3) is 0 Å². The Bertz CT molecular complexity index is 416. The van der Waals surface area contributed by atoms with Gasteiger partial charge in [0.1, 0.15) is 5.75 Å². The highest BCUT2D eigenvalue weighted by molar-refractivity contribution is 5.71. The molecule has 0 aromatic heterocycles. The minimum atomic E-state index is -0.398. The molecule has 92 valence electrons. The fraction of sp³-hybridized carbons (Fsp3) is 0.500. The molecule has 0 bridgehead atoms. The predicted octanol–water partition coefficient (Wildman–Crippen LogP) is 3.45. The first kappa shape index (κ1) is 12.0. The highest BCUT2D eigenvalue weighted by atomic mass is 16.6. The van der Waals surface area contributed by atoms with Gasteiger partial charge in [-0.3, -0.25) is 0 Å². The zero-order valence-electron chi connectivity index (χ0n) is 10.6. The second-order valence-electron chi connectivity index (χ2n) is 5.61. The molecule has 2 rings (SSSR count). The number of carbonyl (C=O) groups is 1. The maximum atomic E-state index is 11.6. The van der Waals surface area contributed by atoms with Gasteiger partial charge >= 0.3 is 6.09 Å². The summed E-state index contributed by atoms with van der Waals surface area (Å²) in [7, 11) is 0. The highest BCUT2D eigenvalue weighted by Gasteiger charge is 2.24. The van der Waals surface area contributed by atoms with Crippen LogP contribution in [0.1, 0.15) is 45.1 Å². The van der Waals surface area contributed by atoms with Gasteiger partial charge in [-0.1, -0.05) is 12.1 Å². The van der Waals surface area contributed by atoms with E-state index in [1.54, 1.807) is 0 Å². The minimum absolute atomic E-state index is 0.273. The van der Waals surface area contributed by atoms with Crippen LogP contribution in [0.3, 0.4) is 0 Å². The van der Waals surface area contributed by atoms with Crippen molar-refractivity contribution in [2.75, 3.05) is 0 Å². The van der Waals surface area contributed by atoms with Crippen molar-refractivity contribution in [3.05, 3.63) is 29.8 Å². The first-order valence-corrected chi connectivity index (χ1v) is 6.04. The van der Waals surface area contributed by atoms with Crippen molar-refractivity contribution in [2.45, 2.75) is 45.1 Å². The van der Waals surface area contributed by atoms with Crippen LogP contribution in [-0.2, 0) is 0 Å². The molecule has 1 aromatic rings. The van der Waals surface area contributed by atoms with Crippen LogP contribution in [0.25, 0.3) is 0 Å². The van der Waals surface area contributed by atoms with Gasteiger partial charge in [-0.25, -0.2) is 4.79 Å². The molecule has 1 aliphatic carbocycles. The Kier molecular flexibility index (Phi) is 3.09. The average molecular weight is 233 g/mol. The SMILES string of the molecule is CC(C)(C)NC(=O)Oc1cccc(C2CC2)c1. The number of nitrogens with one attached hydrogen (secondary N) is 1. The van der Waals surface area contributed by atoms with E-state index >= 15 is 0 Å². The molecular weight excluding hydrogens is 214 g/mol. The maximum Gasteiger partial charge on any atom is 0.413 e. The molecule has 1 aliphatic rings. The molecule has 0 unspecified atom stereocenters. The van der Waals surface area contributed by atoms with Crippen molar-refractivity contribution in [2.24, 2.45) is 0 Å². The van der Waals surface area contributed by atoms with Gasteiger partial charge in [0.05, 0.1) is 0 Å². The van der Waals surface area contributed by atoms with E-state index in [0.29, 0.717) is 11.7 Å². The van der Waals surface area contributed by atoms with E-state index in [9.17, 15) is 4.79 Å². The Labute approximate surface area is 102 Å². The third kappa shape index (κ3) is 3.77. The molecule has 17 heavy (non-hydrogen) atoms. The van der Waals surface area contributed by atoms with E-state index in [0.717, 1.165) is 0 Å². The molecule has 1 amide bonds. The smallest absolute Gasteiger partial charge is 0.410 e. The molecule has 0 radical (unpaired) electrons. The third-order valence-corrected chi connectivity index (χ3v) is 2.59. The topological polar surface area (TPSA) is 38.3 Å². The van der Waals surface area contributed by atoms with Crippen LogP contribution in [0.4, 0.5) is 4.79 Å². The number of benzene rings is 1. The molecular formula is C14H19NO2. The highest BCUT2D eigenvalue weighted by Crippen LogP contribution is 2.40. The summed E-state index contributed by atoms with van der Waals surface area (Å²) in [6.45, 7) is 5.78. The lowest BCUT2D eigenvalue weighted by atomic mass is 10.1. The summed E-state index contributed by atoms with van der Waals surface area (Å²) < 4.78 is 5.26. The lowest BCUT2D eigenvalue weighted by molar-refractivity contribution is 0.190. The van der Waals surface area contributed by atoms with Crippen molar-refractivity contribution >= 4 is 6.09 Å². The Morgan fingerprint density at radius 3 is 2.65 bits per heavy atom. The van der Waals surface area contributed by atoms with E-state index in [4.69, 9.17) is 4.74 Å². The van der Waals surface area contributed by atoms with Crippen LogP contribution in [0, 0.1) is 0 Å². The molecule has 1 saturated carbocycles. The van der Waals surface area contributed by atoms with Crippen LogP contribution < -0.4 is 10.1 Å². The summed E-state index contributed by atoms with van der Waals surface area (Å²) in [5, 5.41) is 2.77. The molecule has 1 aromatic carbocycles. The van der Waals surface area contributed by atoms with Crippen LogP contribution in [-0.4, -0.2) is 11.6 Å². The van der Waals surface area contributed by atoms with E-state index in [2.05, 4.69) is 11.4 Å². The first-order chi connectivity index (χ1) is 7.94. The summed E-state index contributed by atoms with van der Waals surface area (Å²) in [5.74, 6) is 1.29. The van der Waals surface area contributed by atoms with Gasteiger partial charge in [0.2, 0.25) is 0 Å². The van der Waals surface area contributed by atoms with E-state index in [-0.39, 0.29) is 5.54 Å². The predicted molar refractivity (Wildman–Crippen MR) is 67.3 cm³/mol. The van der Waals surface area contributed by atoms with E-state index in [1.807, 2.05) is 39.0 Å². The molecule has 3 heteroatoms. The fourth-order valence-corrected chi connectivity index (χ4v) is 1.69. The number of rotatable bonds is 2. The van der Waals surface area contributed by atoms with Crippen LogP contribution in [0.5, 0.6) is 5.75 Å². The fourth-order valence-electron chi connectivity index (χ4n) is 1.69. The Morgan fingerprint density at radius 2 is 2.06 bits per heavy atom. The number of amides is 1. The van der Waals surface area contributed by atoms with Crippen molar-refractivity contribution in [1.82, 2.24) is 5.32 Å². The van der Waals surface area contributed by atoms with Crippen LogP contribution >= 0.6 is 0 Å². The Hall–Kier alpha value is -1.51. The van der Waals surface area contributed by atoms with Gasteiger partial charge in [-0.15, -0.1) is 0 Å². The van der Waals surface area contributed by atoms with E-state index in [1.165, 1.54) is 18.4 Å². The normalized spacial score (nSPS) is 15.5. The maximum absolute atomic E-state index is 11.6. The number of ether oxygens (including phenoxy) is 1. The molecule has 0 aliphatic heterocycles. The van der Waals surface area contributed by atoms with Crippen molar-refractivity contribution in [3.63, 3.8) is 0 Å². The van der Waals surface area contributed by atoms with Gasteiger partial charge < -0.3 is 10.1 Å². The number of carbonyl (C=O) groups excluding carboxylic acids is 1. The van der Waals surface area contributed by atoms with Gasteiger partial charge in [0.15, 0.2) is 0 Å². The zero-order valence-corrected chi connectivity index (χ0v) is 10.6. The third-order valence-electron chi connectivity index (χ3n) is 2.59. The van der Waals surface area contributed by atoms with Gasteiger partial charge in [-0.05, 0) is 57.2 Å². The van der Waals surface area contributed by atoms with Crippen molar-refractivity contribution in [3.8, 4) is 5.75 Å². The second kappa shape index (κ2) is 4.40. The van der Waals surface area contributed by atoms with Crippen LogP contribution in [0.15, 0.2) is 24.3 Å². The minimum Gasteiger partial charge on any atom is -0.410 e. The van der Waals surface area contributed by atoms with Crippen molar-refractivity contribution in [1.29, 1.82) is 0 Å². The van der Waals surface area contributed by atoms with Crippen molar-refractivity contribution < 1.29 is 9.53 Å². The molecule has 0 atom stereocenters. The average Bonchev–Trinajstić information content (AvgIpc) is 2.97. The molecule has 0 heterocycles. The van der Waals surface area contributed by atoms with Crippen LogP contribution in [0.2, 0.25) is 0 Å². The summed E-state index contributed by atoms with van der Waals surface area (Å²) in [6, 6.07) is 7.80. The molecule has 0 saturated heterocycles. The number of hydrogen-bond donors (Lipinski definition) is 1. The molecule has 0 spiro atoms. The summed E-state index contributed by atoms with van der Waals surface area (Å²) in [4.78, 5) is 11.6. The monoisotopic (exact) mass is 233 g/mol. The lowest BCUT2D eigenvalue weighted by Crippen LogP contribution is -2.42. The van der Waals surface area contributed by atoms with Gasteiger partial charge in [0, 0.05) is 5.54 Å². The Morgan fingerprint density at radius 1 is 1.35 bits per heavy atom. The Balaban J connectivity index is 1.98.